The second kappa shape index (κ2) is 20.5. The minimum absolute atomic E-state index is 0.296. The standard InChI is InChI=1S/C23H25N5O.C4H10.3C2H6/c1-16(2)28-15-25-21-22(26-17(3)27-23(21)28)24-13-14-29-20-11-9-19(10-12-20)18-7-5-4-6-8-18;1-4(2)3;3*1-2/h4-12,15-16H,13-14H2,1-3H3,(H,24,26,27);4H,1-3H3;3*1-2H3. The van der Waals surface area contributed by atoms with E-state index in [0.717, 1.165) is 34.5 Å². The Morgan fingerprint density at radius 2 is 1.31 bits per heavy atom. The van der Waals surface area contributed by atoms with E-state index in [9.17, 15) is 0 Å². The molecule has 0 bridgehead atoms. The number of ether oxygens (including phenoxy) is 1. The molecule has 2 aromatic heterocycles. The van der Waals surface area contributed by atoms with E-state index in [0.29, 0.717) is 19.2 Å². The van der Waals surface area contributed by atoms with Gasteiger partial charge in [-0.2, -0.15) is 0 Å². The van der Waals surface area contributed by atoms with E-state index >= 15 is 0 Å². The summed E-state index contributed by atoms with van der Waals surface area (Å²) in [4.78, 5) is 13.5. The second-order valence-electron chi connectivity index (χ2n) is 8.93. The number of hydrogen-bond acceptors (Lipinski definition) is 5. The van der Waals surface area contributed by atoms with Crippen LogP contribution < -0.4 is 10.1 Å². The van der Waals surface area contributed by atoms with Crippen molar-refractivity contribution in [3.05, 3.63) is 66.7 Å². The lowest BCUT2D eigenvalue weighted by atomic mass is 10.1. The van der Waals surface area contributed by atoms with Crippen molar-refractivity contribution >= 4 is 17.0 Å². The van der Waals surface area contributed by atoms with Crippen LogP contribution in [-0.4, -0.2) is 32.7 Å². The average molecular weight is 536 g/mol. The van der Waals surface area contributed by atoms with Crippen LogP contribution in [0.25, 0.3) is 22.3 Å². The molecule has 0 aliphatic heterocycles. The van der Waals surface area contributed by atoms with Crippen molar-refractivity contribution in [2.75, 3.05) is 18.5 Å². The first-order valence-corrected chi connectivity index (χ1v) is 14.6. The summed E-state index contributed by atoms with van der Waals surface area (Å²) in [7, 11) is 0. The number of anilines is 1. The molecule has 0 aliphatic rings. The van der Waals surface area contributed by atoms with Crippen LogP contribution >= 0.6 is 0 Å². The van der Waals surface area contributed by atoms with E-state index in [1.54, 1.807) is 0 Å². The third kappa shape index (κ3) is 12.3. The zero-order valence-corrected chi connectivity index (χ0v) is 26.5. The van der Waals surface area contributed by atoms with Gasteiger partial charge in [0.2, 0.25) is 0 Å². The molecule has 0 fully saturated rings. The lowest BCUT2D eigenvalue weighted by molar-refractivity contribution is 0.333. The van der Waals surface area contributed by atoms with Gasteiger partial charge in [0.1, 0.15) is 23.7 Å². The Kier molecular flexibility index (Phi) is 18.7. The molecule has 0 saturated heterocycles. The summed E-state index contributed by atoms with van der Waals surface area (Å²) in [5.41, 5.74) is 4.02. The smallest absolute Gasteiger partial charge is 0.165 e. The highest BCUT2D eigenvalue weighted by Crippen LogP contribution is 2.23. The lowest BCUT2D eigenvalue weighted by Crippen LogP contribution is -2.13. The number of aryl methyl sites for hydroxylation is 1. The highest BCUT2D eigenvalue weighted by atomic mass is 16.5. The zero-order chi connectivity index (χ0) is 29.8. The van der Waals surface area contributed by atoms with Crippen LogP contribution in [-0.2, 0) is 0 Å². The van der Waals surface area contributed by atoms with E-state index in [4.69, 9.17) is 4.74 Å². The Morgan fingerprint density at radius 1 is 0.769 bits per heavy atom. The SMILES string of the molecule is CC.CC.CC.CC(C)C.Cc1nc(NCCOc2ccc(-c3ccccc3)cc2)c2ncn(C(C)C)c2n1. The van der Waals surface area contributed by atoms with Crippen molar-refractivity contribution in [2.24, 2.45) is 5.92 Å². The summed E-state index contributed by atoms with van der Waals surface area (Å²) in [6.45, 7) is 25.8. The van der Waals surface area contributed by atoms with Gasteiger partial charge in [0.15, 0.2) is 11.5 Å². The monoisotopic (exact) mass is 535 g/mol. The van der Waals surface area contributed by atoms with Crippen LogP contribution in [0.3, 0.4) is 0 Å². The zero-order valence-electron chi connectivity index (χ0n) is 26.5. The van der Waals surface area contributed by atoms with Gasteiger partial charge in [0.05, 0.1) is 12.9 Å². The third-order valence-corrected chi connectivity index (χ3v) is 4.71. The molecule has 6 heteroatoms. The average Bonchev–Trinajstić information content (AvgIpc) is 3.39. The molecule has 0 saturated carbocycles. The van der Waals surface area contributed by atoms with Crippen molar-refractivity contribution in [3.63, 3.8) is 0 Å². The normalized spacial score (nSPS) is 9.69. The quantitative estimate of drug-likeness (QED) is 0.239. The number of rotatable bonds is 7. The fourth-order valence-corrected chi connectivity index (χ4v) is 3.24. The summed E-state index contributed by atoms with van der Waals surface area (Å²) in [6, 6.07) is 18.8. The van der Waals surface area contributed by atoms with E-state index in [2.05, 4.69) is 83.7 Å². The Labute approximate surface area is 238 Å². The summed E-state index contributed by atoms with van der Waals surface area (Å²) >= 11 is 0. The molecule has 4 rings (SSSR count). The Hall–Kier alpha value is -3.41. The predicted molar refractivity (Wildman–Crippen MR) is 171 cm³/mol. The van der Waals surface area contributed by atoms with Gasteiger partial charge in [-0.05, 0) is 49.9 Å². The lowest BCUT2D eigenvalue weighted by Gasteiger charge is -2.11. The van der Waals surface area contributed by atoms with Crippen molar-refractivity contribution in [1.29, 1.82) is 0 Å². The Balaban J connectivity index is 0.00000128. The molecule has 6 nitrogen and oxygen atoms in total. The number of hydrogen-bond donors (Lipinski definition) is 1. The second-order valence-corrected chi connectivity index (χ2v) is 8.93. The molecule has 0 spiro atoms. The van der Waals surface area contributed by atoms with Gasteiger partial charge in [0.25, 0.3) is 0 Å². The summed E-state index contributed by atoms with van der Waals surface area (Å²) in [5.74, 6) is 3.15. The van der Waals surface area contributed by atoms with Crippen molar-refractivity contribution in [3.8, 4) is 16.9 Å². The van der Waals surface area contributed by atoms with E-state index in [-0.39, 0.29) is 0 Å². The maximum absolute atomic E-state index is 5.87. The summed E-state index contributed by atoms with van der Waals surface area (Å²) in [6.07, 6.45) is 1.82. The van der Waals surface area contributed by atoms with Crippen LogP contribution in [0.4, 0.5) is 5.82 Å². The number of nitrogens with one attached hydrogen (secondary N) is 1. The fourth-order valence-electron chi connectivity index (χ4n) is 3.24. The van der Waals surface area contributed by atoms with E-state index in [1.807, 2.05) is 85.1 Å². The van der Waals surface area contributed by atoms with Gasteiger partial charge >= 0.3 is 0 Å². The number of imidazole rings is 1. The fraction of sp³-hybridized carbons (Fsp3) is 0.485. The minimum atomic E-state index is 0.296. The van der Waals surface area contributed by atoms with Crippen molar-refractivity contribution in [2.45, 2.75) is 89.1 Å². The molecule has 0 unspecified atom stereocenters. The van der Waals surface area contributed by atoms with Gasteiger partial charge in [-0.3, -0.25) is 0 Å². The maximum atomic E-state index is 5.87. The van der Waals surface area contributed by atoms with Crippen LogP contribution in [0.1, 0.15) is 88.0 Å². The molecular weight excluding hydrogens is 482 g/mol. The Bertz CT molecular complexity index is 1130. The van der Waals surface area contributed by atoms with Gasteiger partial charge in [-0.15, -0.1) is 0 Å². The van der Waals surface area contributed by atoms with Gasteiger partial charge in [0, 0.05) is 6.04 Å². The minimum Gasteiger partial charge on any atom is -0.492 e. The molecule has 2 heterocycles. The Morgan fingerprint density at radius 3 is 1.85 bits per heavy atom. The summed E-state index contributed by atoms with van der Waals surface area (Å²) < 4.78 is 7.93. The molecule has 216 valence electrons. The molecule has 0 aliphatic carbocycles. The molecular formula is C33H53N5O. The topological polar surface area (TPSA) is 64.9 Å². The molecule has 4 aromatic rings. The number of benzene rings is 2. The third-order valence-electron chi connectivity index (χ3n) is 4.71. The van der Waals surface area contributed by atoms with Gasteiger partial charge < -0.3 is 14.6 Å². The highest BCUT2D eigenvalue weighted by molar-refractivity contribution is 5.83. The van der Waals surface area contributed by atoms with E-state index < -0.39 is 0 Å². The van der Waals surface area contributed by atoms with Crippen LogP contribution in [0.5, 0.6) is 5.75 Å². The first-order valence-electron chi connectivity index (χ1n) is 14.6. The molecule has 39 heavy (non-hydrogen) atoms. The number of aromatic nitrogens is 4. The highest BCUT2D eigenvalue weighted by Gasteiger charge is 2.13. The van der Waals surface area contributed by atoms with Crippen molar-refractivity contribution < 1.29 is 4.74 Å². The number of fused-ring (bicyclic) bond motifs is 1. The molecule has 0 atom stereocenters. The van der Waals surface area contributed by atoms with Crippen molar-refractivity contribution in [1.82, 2.24) is 19.5 Å². The molecule has 0 radical (unpaired) electrons. The van der Waals surface area contributed by atoms with Crippen LogP contribution in [0.2, 0.25) is 0 Å². The first-order chi connectivity index (χ1) is 18.8. The predicted octanol–water partition coefficient (Wildman–Crippen LogP) is 9.61. The molecule has 1 N–H and O–H groups in total. The van der Waals surface area contributed by atoms with Gasteiger partial charge in [-0.25, -0.2) is 15.0 Å². The first kappa shape index (κ1) is 35.6. The summed E-state index contributed by atoms with van der Waals surface area (Å²) in [5, 5.41) is 3.34. The van der Waals surface area contributed by atoms with Crippen LogP contribution in [0, 0.1) is 12.8 Å². The van der Waals surface area contributed by atoms with Crippen LogP contribution in [0.15, 0.2) is 60.9 Å². The maximum Gasteiger partial charge on any atom is 0.165 e. The van der Waals surface area contributed by atoms with E-state index in [1.165, 1.54) is 11.1 Å². The largest absolute Gasteiger partial charge is 0.492 e. The number of nitrogens with zero attached hydrogens (tertiary/aromatic N) is 4. The molecule has 0 amide bonds. The van der Waals surface area contributed by atoms with Gasteiger partial charge in [-0.1, -0.05) is 105 Å². The molecule has 2 aromatic carbocycles.